The highest BCUT2D eigenvalue weighted by molar-refractivity contribution is 9.10. The van der Waals surface area contributed by atoms with E-state index in [0.717, 1.165) is 43.2 Å². The van der Waals surface area contributed by atoms with Crippen LogP contribution in [0.1, 0.15) is 5.56 Å². The molecular weight excluding hydrogens is 517 g/mol. The van der Waals surface area contributed by atoms with Gasteiger partial charge in [-0.3, -0.25) is 9.79 Å². The third-order valence-electron chi connectivity index (χ3n) is 5.32. The van der Waals surface area contributed by atoms with Gasteiger partial charge in [-0.25, -0.2) is 4.39 Å². The van der Waals surface area contributed by atoms with E-state index in [-0.39, 0.29) is 18.3 Å². The Hall–Kier alpha value is -3.43. The summed E-state index contributed by atoms with van der Waals surface area (Å²) in [5.41, 5.74) is 3.26. The van der Waals surface area contributed by atoms with E-state index in [0.29, 0.717) is 21.7 Å². The van der Waals surface area contributed by atoms with Crippen LogP contribution in [0.15, 0.2) is 70.1 Å². The summed E-state index contributed by atoms with van der Waals surface area (Å²) < 4.78 is 30.2. The zero-order valence-electron chi connectivity index (χ0n) is 19.2. The molecule has 1 fully saturated rings. The Morgan fingerprint density at radius 3 is 2.54 bits per heavy atom. The van der Waals surface area contributed by atoms with Gasteiger partial charge in [0.2, 0.25) is 0 Å². The number of carbonyl (C=O) groups excluding carboxylic acids is 1. The van der Waals surface area contributed by atoms with Crippen molar-refractivity contribution in [2.24, 2.45) is 4.99 Å². The lowest BCUT2D eigenvalue weighted by atomic mass is 10.2. The van der Waals surface area contributed by atoms with Crippen LogP contribution >= 0.6 is 15.9 Å². The number of carbonyl (C=O) groups is 1. The molecule has 35 heavy (non-hydrogen) atoms. The quantitative estimate of drug-likeness (QED) is 0.397. The van der Waals surface area contributed by atoms with Crippen molar-refractivity contribution in [1.29, 1.82) is 0 Å². The molecule has 7 nitrogen and oxygen atoms in total. The Kier molecular flexibility index (Phi) is 8.33. The predicted molar refractivity (Wildman–Crippen MR) is 138 cm³/mol. The van der Waals surface area contributed by atoms with Crippen molar-refractivity contribution in [3.8, 4) is 11.5 Å². The number of hydrogen-bond donors (Lipinski definition) is 1. The lowest BCUT2D eigenvalue weighted by Crippen LogP contribution is -2.36. The number of methoxy groups -OCH3 is 1. The minimum atomic E-state index is -0.378. The number of anilines is 2. The van der Waals surface area contributed by atoms with Gasteiger partial charge < -0.3 is 24.4 Å². The van der Waals surface area contributed by atoms with Gasteiger partial charge in [-0.2, -0.15) is 0 Å². The van der Waals surface area contributed by atoms with Crippen LogP contribution in [-0.2, 0) is 9.53 Å². The smallest absolute Gasteiger partial charge is 0.262 e. The summed E-state index contributed by atoms with van der Waals surface area (Å²) in [5, 5.41) is 2.65. The van der Waals surface area contributed by atoms with Crippen molar-refractivity contribution in [3.05, 3.63) is 76.5 Å². The lowest BCUT2D eigenvalue weighted by Gasteiger charge is -2.28. The van der Waals surface area contributed by atoms with E-state index in [1.165, 1.54) is 31.4 Å². The van der Waals surface area contributed by atoms with Crippen LogP contribution < -0.4 is 19.7 Å². The molecule has 4 rings (SSSR count). The Bertz CT molecular complexity index is 1180. The summed E-state index contributed by atoms with van der Waals surface area (Å²) in [6.07, 6.45) is 1.74. The van der Waals surface area contributed by atoms with Crippen molar-refractivity contribution < 1.29 is 23.4 Å². The first-order valence-corrected chi connectivity index (χ1v) is 11.8. The van der Waals surface area contributed by atoms with Crippen LogP contribution in [0, 0.1) is 5.82 Å². The highest BCUT2D eigenvalue weighted by atomic mass is 79.9. The van der Waals surface area contributed by atoms with Crippen molar-refractivity contribution in [2.75, 3.05) is 50.2 Å². The molecular formula is C26H25BrFN3O4. The van der Waals surface area contributed by atoms with Crippen LogP contribution in [-0.4, -0.2) is 52.1 Å². The first-order valence-electron chi connectivity index (χ1n) is 11.0. The van der Waals surface area contributed by atoms with Gasteiger partial charge in [0.1, 0.15) is 5.82 Å². The highest BCUT2D eigenvalue weighted by Crippen LogP contribution is 2.36. The number of nitrogens with zero attached hydrogens (tertiary/aromatic N) is 2. The maximum absolute atomic E-state index is 13.0. The van der Waals surface area contributed by atoms with Gasteiger partial charge in [0.05, 0.1) is 30.5 Å². The Morgan fingerprint density at radius 2 is 1.86 bits per heavy atom. The maximum atomic E-state index is 13.0. The molecule has 1 amide bonds. The molecule has 9 heteroatoms. The molecule has 3 aromatic carbocycles. The normalized spacial score (nSPS) is 13.6. The number of rotatable bonds is 8. The minimum Gasteiger partial charge on any atom is -0.493 e. The number of ether oxygens (including phenoxy) is 3. The highest BCUT2D eigenvalue weighted by Gasteiger charge is 2.14. The van der Waals surface area contributed by atoms with Crippen LogP contribution in [0.4, 0.5) is 21.5 Å². The SMILES string of the molecule is COc1cc(C=Nc2ccc(N3CCOCC3)cc2)cc(Br)c1OCC(=O)Nc1ccc(F)cc1. The number of nitrogens with one attached hydrogen (secondary N) is 1. The van der Waals surface area contributed by atoms with E-state index in [2.05, 4.69) is 43.3 Å². The fraction of sp³-hybridized carbons (Fsp3) is 0.231. The third-order valence-corrected chi connectivity index (χ3v) is 5.91. The molecule has 3 aromatic rings. The van der Waals surface area contributed by atoms with Crippen molar-refractivity contribution in [1.82, 2.24) is 0 Å². The molecule has 0 atom stereocenters. The largest absolute Gasteiger partial charge is 0.493 e. The first-order chi connectivity index (χ1) is 17.0. The average Bonchev–Trinajstić information content (AvgIpc) is 2.88. The molecule has 0 aliphatic carbocycles. The second-order valence-electron chi connectivity index (χ2n) is 7.75. The molecule has 0 saturated carbocycles. The topological polar surface area (TPSA) is 72.4 Å². The molecule has 1 N–H and O–H groups in total. The zero-order valence-corrected chi connectivity index (χ0v) is 20.8. The molecule has 0 unspecified atom stereocenters. The molecule has 1 heterocycles. The van der Waals surface area contributed by atoms with Gasteiger partial charge >= 0.3 is 0 Å². The average molecular weight is 542 g/mol. The summed E-state index contributed by atoms with van der Waals surface area (Å²) in [5.74, 6) is 0.102. The molecule has 0 bridgehead atoms. The number of halogens is 2. The van der Waals surface area contributed by atoms with Gasteiger partial charge in [0, 0.05) is 30.7 Å². The van der Waals surface area contributed by atoms with Crippen LogP contribution in [0.25, 0.3) is 0 Å². The van der Waals surface area contributed by atoms with Crippen molar-refractivity contribution in [2.45, 2.75) is 0 Å². The summed E-state index contributed by atoms with van der Waals surface area (Å²) in [6, 6.07) is 17.2. The Labute approximate surface area is 211 Å². The fourth-order valence-corrected chi connectivity index (χ4v) is 4.12. The molecule has 182 valence electrons. The van der Waals surface area contributed by atoms with Gasteiger partial charge in [-0.1, -0.05) is 0 Å². The molecule has 0 spiro atoms. The fourth-order valence-electron chi connectivity index (χ4n) is 3.54. The van der Waals surface area contributed by atoms with E-state index in [9.17, 15) is 9.18 Å². The van der Waals surface area contributed by atoms with Crippen LogP contribution in [0.2, 0.25) is 0 Å². The molecule has 1 aliphatic heterocycles. The summed E-state index contributed by atoms with van der Waals surface area (Å²) in [7, 11) is 1.53. The lowest BCUT2D eigenvalue weighted by molar-refractivity contribution is -0.118. The van der Waals surface area contributed by atoms with E-state index in [1.54, 1.807) is 12.3 Å². The van der Waals surface area contributed by atoms with E-state index in [1.807, 2.05) is 18.2 Å². The van der Waals surface area contributed by atoms with Gasteiger partial charge in [-0.15, -0.1) is 0 Å². The Balaban J connectivity index is 1.39. The van der Waals surface area contributed by atoms with Crippen LogP contribution in [0.5, 0.6) is 11.5 Å². The molecule has 1 saturated heterocycles. The summed E-state index contributed by atoms with van der Waals surface area (Å²) in [4.78, 5) is 19.1. The number of aliphatic imine (C=N–C) groups is 1. The van der Waals surface area contributed by atoms with Gasteiger partial charge in [0.15, 0.2) is 18.1 Å². The summed E-state index contributed by atoms with van der Waals surface area (Å²) in [6.45, 7) is 3.03. The van der Waals surface area contributed by atoms with Crippen LogP contribution in [0.3, 0.4) is 0 Å². The maximum Gasteiger partial charge on any atom is 0.262 e. The third kappa shape index (κ3) is 6.80. The number of hydrogen-bond acceptors (Lipinski definition) is 6. The number of amides is 1. The number of benzene rings is 3. The standard InChI is InChI=1S/C26H25BrFN3O4/c1-33-24-15-18(16-29-20-6-8-22(9-7-20)31-10-12-34-13-11-31)14-23(27)26(24)35-17-25(32)30-21-4-2-19(28)3-5-21/h2-9,14-16H,10-13,17H2,1H3,(H,30,32). The van der Waals surface area contributed by atoms with E-state index < -0.39 is 0 Å². The van der Waals surface area contributed by atoms with E-state index in [4.69, 9.17) is 14.2 Å². The predicted octanol–water partition coefficient (Wildman–Crippen LogP) is 5.20. The molecule has 0 radical (unpaired) electrons. The summed E-state index contributed by atoms with van der Waals surface area (Å²) >= 11 is 3.49. The second kappa shape index (κ2) is 11.8. The van der Waals surface area contributed by atoms with E-state index >= 15 is 0 Å². The molecule has 0 aromatic heterocycles. The minimum absolute atomic E-state index is 0.241. The monoisotopic (exact) mass is 541 g/mol. The Morgan fingerprint density at radius 1 is 1.14 bits per heavy atom. The molecule has 1 aliphatic rings. The second-order valence-corrected chi connectivity index (χ2v) is 8.61. The van der Waals surface area contributed by atoms with Crippen molar-refractivity contribution >= 4 is 45.1 Å². The van der Waals surface area contributed by atoms with Gasteiger partial charge in [-0.05, 0) is 82.2 Å². The van der Waals surface area contributed by atoms with Crippen molar-refractivity contribution in [3.63, 3.8) is 0 Å². The van der Waals surface area contributed by atoms with Gasteiger partial charge in [0.25, 0.3) is 5.91 Å². The zero-order chi connectivity index (χ0) is 24.6. The number of morpholine rings is 1. The first kappa shape index (κ1) is 24.7.